The lowest BCUT2D eigenvalue weighted by Gasteiger charge is -2.09. The third-order valence-electron chi connectivity index (χ3n) is 2.47. The Kier molecular flexibility index (Phi) is 4.57. The minimum Gasteiger partial charge on any atom is -0.492 e. The van der Waals surface area contributed by atoms with E-state index in [1.165, 1.54) is 0 Å². The van der Waals surface area contributed by atoms with E-state index in [0.29, 0.717) is 23.3 Å². The van der Waals surface area contributed by atoms with Crippen LogP contribution in [0.15, 0.2) is 39.7 Å². The zero-order valence-corrected chi connectivity index (χ0v) is 12.0. The first kappa shape index (κ1) is 13.6. The summed E-state index contributed by atoms with van der Waals surface area (Å²) >= 11 is 3.20. The van der Waals surface area contributed by atoms with Gasteiger partial charge in [0.1, 0.15) is 16.8 Å². The number of aromatic amines is 1. The normalized spacial score (nSPS) is 10.2. The SMILES string of the molecule is Cc1cccc(OCCNc2cn[nH]c(=O)c2Br)c1. The molecule has 0 radical (unpaired) electrons. The summed E-state index contributed by atoms with van der Waals surface area (Å²) in [7, 11) is 0. The van der Waals surface area contributed by atoms with Crippen molar-refractivity contribution in [3.8, 4) is 5.75 Å². The van der Waals surface area contributed by atoms with Gasteiger partial charge in [0.25, 0.3) is 5.56 Å². The minimum absolute atomic E-state index is 0.260. The molecule has 0 saturated carbocycles. The first-order valence-corrected chi connectivity index (χ1v) is 6.62. The van der Waals surface area contributed by atoms with Crippen LogP contribution in [-0.2, 0) is 0 Å². The minimum atomic E-state index is -0.260. The van der Waals surface area contributed by atoms with Crippen molar-refractivity contribution in [2.75, 3.05) is 18.5 Å². The Morgan fingerprint density at radius 3 is 3.11 bits per heavy atom. The van der Waals surface area contributed by atoms with E-state index in [1.54, 1.807) is 6.20 Å². The van der Waals surface area contributed by atoms with E-state index >= 15 is 0 Å². The summed E-state index contributed by atoms with van der Waals surface area (Å²) < 4.78 is 6.04. The lowest BCUT2D eigenvalue weighted by Crippen LogP contribution is -2.16. The van der Waals surface area contributed by atoms with E-state index in [0.717, 1.165) is 11.3 Å². The summed E-state index contributed by atoms with van der Waals surface area (Å²) in [6, 6.07) is 7.86. The molecule has 0 saturated heterocycles. The molecule has 0 fully saturated rings. The van der Waals surface area contributed by atoms with Crippen LogP contribution in [0, 0.1) is 6.92 Å². The number of hydrogen-bond donors (Lipinski definition) is 2. The van der Waals surface area contributed by atoms with Gasteiger partial charge in [-0.25, -0.2) is 5.10 Å². The van der Waals surface area contributed by atoms with Gasteiger partial charge in [-0.15, -0.1) is 0 Å². The Labute approximate surface area is 119 Å². The summed E-state index contributed by atoms with van der Waals surface area (Å²) in [5.41, 5.74) is 1.55. The average Bonchev–Trinajstić information content (AvgIpc) is 2.39. The molecule has 1 aromatic carbocycles. The molecule has 5 nitrogen and oxygen atoms in total. The van der Waals surface area contributed by atoms with Crippen molar-refractivity contribution in [3.05, 3.63) is 50.9 Å². The summed E-state index contributed by atoms with van der Waals surface area (Å²) in [6.45, 7) is 3.10. The van der Waals surface area contributed by atoms with Gasteiger partial charge in [0.2, 0.25) is 0 Å². The summed E-state index contributed by atoms with van der Waals surface area (Å²) in [5, 5.41) is 9.15. The van der Waals surface area contributed by atoms with Gasteiger partial charge in [-0.05, 0) is 40.5 Å². The van der Waals surface area contributed by atoms with E-state index in [2.05, 4.69) is 31.4 Å². The highest BCUT2D eigenvalue weighted by molar-refractivity contribution is 9.10. The summed E-state index contributed by atoms with van der Waals surface area (Å²) in [4.78, 5) is 11.3. The first-order valence-electron chi connectivity index (χ1n) is 5.83. The smallest absolute Gasteiger partial charge is 0.280 e. The van der Waals surface area contributed by atoms with Gasteiger partial charge in [-0.3, -0.25) is 4.79 Å². The van der Waals surface area contributed by atoms with Crippen molar-refractivity contribution in [1.29, 1.82) is 0 Å². The van der Waals surface area contributed by atoms with Crippen molar-refractivity contribution in [2.24, 2.45) is 0 Å². The van der Waals surface area contributed by atoms with Crippen LogP contribution in [-0.4, -0.2) is 23.3 Å². The van der Waals surface area contributed by atoms with Crippen LogP contribution < -0.4 is 15.6 Å². The van der Waals surface area contributed by atoms with Gasteiger partial charge in [0.15, 0.2) is 0 Å². The van der Waals surface area contributed by atoms with Gasteiger partial charge in [-0.1, -0.05) is 12.1 Å². The fourth-order valence-electron chi connectivity index (χ4n) is 1.57. The Morgan fingerprint density at radius 2 is 2.32 bits per heavy atom. The summed E-state index contributed by atoms with van der Waals surface area (Å²) in [6.07, 6.45) is 1.55. The molecule has 2 aromatic rings. The monoisotopic (exact) mass is 323 g/mol. The zero-order chi connectivity index (χ0) is 13.7. The Balaban J connectivity index is 1.84. The fraction of sp³-hybridized carbons (Fsp3) is 0.231. The number of halogens is 1. The van der Waals surface area contributed by atoms with Crippen molar-refractivity contribution in [3.63, 3.8) is 0 Å². The second-order valence-corrected chi connectivity index (χ2v) is 4.81. The maximum absolute atomic E-state index is 11.3. The van der Waals surface area contributed by atoms with Crippen LogP contribution in [0.4, 0.5) is 5.69 Å². The van der Waals surface area contributed by atoms with Gasteiger partial charge in [0.05, 0.1) is 11.9 Å². The van der Waals surface area contributed by atoms with Gasteiger partial charge >= 0.3 is 0 Å². The fourth-order valence-corrected chi connectivity index (χ4v) is 1.90. The number of nitrogens with one attached hydrogen (secondary N) is 2. The molecular weight excluding hydrogens is 310 g/mol. The van der Waals surface area contributed by atoms with Crippen LogP contribution in [0.3, 0.4) is 0 Å². The highest BCUT2D eigenvalue weighted by atomic mass is 79.9. The quantitative estimate of drug-likeness (QED) is 0.829. The third-order valence-corrected chi connectivity index (χ3v) is 3.26. The van der Waals surface area contributed by atoms with E-state index < -0.39 is 0 Å². The molecule has 19 heavy (non-hydrogen) atoms. The van der Waals surface area contributed by atoms with Crippen molar-refractivity contribution >= 4 is 21.6 Å². The lowest BCUT2D eigenvalue weighted by atomic mass is 10.2. The van der Waals surface area contributed by atoms with Crippen molar-refractivity contribution in [2.45, 2.75) is 6.92 Å². The number of aromatic nitrogens is 2. The van der Waals surface area contributed by atoms with Crippen LogP contribution in [0.2, 0.25) is 0 Å². The highest BCUT2D eigenvalue weighted by Gasteiger charge is 2.03. The molecular formula is C13H14BrN3O2. The topological polar surface area (TPSA) is 67.0 Å². The molecule has 0 bridgehead atoms. The van der Waals surface area contributed by atoms with E-state index in [-0.39, 0.29) is 5.56 Å². The van der Waals surface area contributed by atoms with E-state index in [9.17, 15) is 4.79 Å². The molecule has 2 N–H and O–H groups in total. The zero-order valence-electron chi connectivity index (χ0n) is 10.4. The molecule has 0 aliphatic rings. The molecule has 0 aliphatic carbocycles. The molecule has 2 rings (SSSR count). The molecule has 6 heteroatoms. The summed E-state index contributed by atoms with van der Waals surface area (Å²) in [5.74, 6) is 0.838. The van der Waals surface area contributed by atoms with Crippen LogP contribution in [0.1, 0.15) is 5.56 Å². The number of anilines is 1. The number of ether oxygens (including phenoxy) is 1. The largest absolute Gasteiger partial charge is 0.492 e. The molecule has 0 unspecified atom stereocenters. The van der Waals surface area contributed by atoms with Crippen LogP contribution in [0.25, 0.3) is 0 Å². The molecule has 0 spiro atoms. The van der Waals surface area contributed by atoms with E-state index in [4.69, 9.17) is 4.74 Å². The van der Waals surface area contributed by atoms with E-state index in [1.807, 2.05) is 31.2 Å². The number of hydrogen-bond acceptors (Lipinski definition) is 4. The third kappa shape index (κ3) is 3.82. The van der Waals surface area contributed by atoms with Crippen molar-refractivity contribution < 1.29 is 4.74 Å². The number of aryl methyl sites for hydroxylation is 1. The van der Waals surface area contributed by atoms with Gasteiger partial charge < -0.3 is 10.1 Å². The van der Waals surface area contributed by atoms with Crippen molar-refractivity contribution in [1.82, 2.24) is 10.2 Å². The van der Waals surface area contributed by atoms with Gasteiger partial charge in [-0.2, -0.15) is 5.10 Å². The molecule has 100 valence electrons. The Bertz CT molecular complexity index is 613. The predicted molar refractivity (Wildman–Crippen MR) is 77.7 cm³/mol. The first-order chi connectivity index (χ1) is 9.16. The van der Waals surface area contributed by atoms with Gasteiger partial charge in [0, 0.05) is 6.54 Å². The maximum atomic E-state index is 11.3. The second kappa shape index (κ2) is 6.38. The Morgan fingerprint density at radius 1 is 1.47 bits per heavy atom. The lowest BCUT2D eigenvalue weighted by molar-refractivity contribution is 0.332. The average molecular weight is 324 g/mol. The standard InChI is InChI=1S/C13H14BrN3O2/c1-9-3-2-4-10(7-9)19-6-5-15-11-8-16-17-13(18)12(11)14/h2-4,7-8H,5-6H2,1H3,(H2,15,17,18). The molecule has 0 amide bonds. The number of rotatable bonds is 5. The second-order valence-electron chi connectivity index (χ2n) is 4.02. The maximum Gasteiger partial charge on any atom is 0.280 e. The molecule has 1 aromatic heterocycles. The Hall–Kier alpha value is -1.82. The molecule has 0 aliphatic heterocycles. The number of benzene rings is 1. The number of H-pyrrole nitrogens is 1. The molecule has 0 atom stereocenters. The molecule has 1 heterocycles. The van der Waals surface area contributed by atoms with Crippen LogP contribution >= 0.6 is 15.9 Å². The number of nitrogens with zero attached hydrogens (tertiary/aromatic N) is 1. The van der Waals surface area contributed by atoms with Crippen LogP contribution in [0.5, 0.6) is 5.75 Å². The predicted octanol–water partition coefficient (Wildman–Crippen LogP) is 2.33. The highest BCUT2D eigenvalue weighted by Crippen LogP contribution is 2.15.